The number of carboxylic acids is 1. The quantitative estimate of drug-likeness (QED) is 0.374. The summed E-state index contributed by atoms with van der Waals surface area (Å²) in [4.78, 5) is 21.8. The van der Waals surface area contributed by atoms with E-state index in [-0.39, 0.29) is 12.0 Å². The number of carboxylic acid groups (broad SMARTS) is 1. The van der Waals surface area contributed by atoms with Gasteiger partial charge in [0.25, 0.3) is 0 Å². The van der Waals surface area contributed by atoms with Gasteiger partial charge in [0.2, 0.25) is 0 Å². The molecule has 1 saturated carbocycles. The first-order valence-corrected chi connectivity index (χ1v) is 5.19. The molecular weight excluding hydrogens is 208 g/mol. The zero-order chi connectivity index (χ0) is 12.5. The molecule has 0 aromatic rings. The van der Waals surface area contributed by atoms with E-state index in [1.807, 2.05) is 0 Å². The number of ether oxygens (including phenoxy) is 1. The second-order valence-electron chi connectivity index (χ2n) is 4.82. The molecule has 0 aliphatic heterocycles. The molecule has 0 aromatic carbocycles. The van der Waals surface area contributed by atoms with Crippen LogP contribution in [0.1, 0.15) is 27.7 Å². The first kappa shape index (κ1) is 12.6. The summed E-state index contributed by atoms with van der Waals surface area (Å²) in [5.74, 6) is 2.31. The fourth-order valence-corrected chi connectivity index (χ4v) is 1.73. The molecule has 0 spiro atoms. The van der Waals surface area contributed by atoms with Gasteiger partial charge in [0.15, 0.2) is 0 Å². The highest BCUT2D eigenvalue weighted by Crippen LogP contribution is 2.57. The maximum absolute atomic E-state index is 11.1. The molecule has 0 aromatic heterocycles. The maximum atomic E-state index is 11.1. The first-order chi connectivity index (χ1) is 7.26. The zero-order valence-corrected chi connectivity index (χ0v) is 9.87. The molecule has 2 unspecified atom stereocenters. The molecule has 1 fully saturated rings. The molecule has 16 heavy (non-hydrogen) atoms. The number of carbonyl (C=O) groups is 2. The average Bonchev–Trinajstić information content (AvgIpc) is 2.63. The van der Waals surface area contributed by atoms with E-state index in [2.05, 4.69) is 11.8 Å². The Morgan fingerprint density at radius 2 is 1.94 bits per heavy atom. The van der Waals surface area contributed by atoms with Crippen LogP contribution in [0.25, 0.3) is 0 Å². The summed E-state index contributed by atoms with van der Waals surface area (Å²) in [6, 6.07) is 0. The molecule has 2 atom stereocenters. The van der Waals surface area contributed by atoms with Gasteiger partial charge >= 0.3 is 5.97 Å². The minimum Gasteiger partial charge on any atom is -0.550 e. The third-order valence-corrected chi connectivity index (χ3v) is 2.75. The Balaban J connectivity index is 2.61. The van der Waals surface area contributed by atoms with Crippen LogP contribution in [0.3, 0.4) is 0 Å². The standard InChI is InChI=1S/C12H16O4/c1-7(2)16-9(13)6-5-8-10(11(14)15)12(8,3)4/h7-8,10H,1-4H3,(H,14,15)/p-1. The van der Waals surface area contributed by atoms with Crippen molar-refractivity contribution in [1.82, 2.24) is 0 Å². The van der Waals surface area contributed by atoms with Gasteiger partial charge in [-0.25, -0.2) is 4.79 Å². The van der Waals surface area contributed by atoms with E-state index >= 15 is 0 Å². The molecule has 0 N–H and O–H groups in total. The molecule has 0 amide bonds. The highest BCUT2D eigenvalue weighted by Gasteiger charge is 2.57. The Kier molecular flexibility index (Phi) is 3.27. The predicted molar refractivity (Wildman–Crippen MR) is 54.8 cm³/mol. The molecule has 0 heterocycles. The van der Waals surface area contributed by atoms with Crippen molar-refractivity contribution >= 4 is 11.9 Å². The molecule has 1 aliphatic rings. The van der Waals surface area contributed by atoms with Crippen molar-refractivity contribution in [2.24, 2.45) is 17.3 Å². The van der Waals surface area contributed by atoms with Crippen LogP contribution < -0.4 is 5.11 Å². The van der Waals surface area contributed by atoms with E-state index in [9.17, 15) is 14.7 Å². The molecule has 0 radical (unpaired) electrons. The molecule has 4 heteroatoms. The summed E-state index contributed by atoms with van der Waals surface area (Å²) < 4.78 is 4.82. The van der Waals surface area contributed by atoms with Crippen molar-refractivity contribution in [3.63, 3.8) is 0 Å². The van der Waals surface area contributed by atoms with E-state index in [0.29, 0.717) is 0 Å². The lowest BCUT2D eigenvalue weighted by Gasteiger charge is -2.01. The van der Waals surface area contributed by atoms with Gasteiger partial charge in [-0.15, -0.1) is 0 Å². The van der Waals surface area contributed by atoms with Gasteiger partial charge in [0.1, 0.15) is 0 Å². The monoisotopic (exact) mass is 223 g/mol. The van der Waals surface area contributed by atoms with Crippen LogP contribution in [0, 0.1) is 29.1 Å². The Morgan fingerprint density at radius 1 is 1.38 bits per heavy atom. The summed E-state index contributed by atoms with van der Waals surface area (Å²) in [6.07, 6.45) is -0.217. The second kappa shape index (κ2) is 4.17. The lowest BCUT2D eigenvalue weighted by atomic mass is 10.1. The third-order valence-electron chi connectivity index (χ3n) is 2.75. The van der Waals surface area contributed by atoms with Crippen LogP contribution in [0.2, 0.25) is 0 Å². The number of hydrogen-bond acceptors (Lipinski definition) is 4. The van der Waals surface area contributed by atoms with Gasteiger partial charge < -0.3 is 14.6 Å². The van der Waals surface area contributed by atoms with Crippen molar-refractivity contribution in [3.8, 4) is 11.8 Å². The molecule has 1 aliphatic carbocycles. The van der Waals surface area contributed by atoms with Crippen LogP contribution in [-0.4, -0.2) is 18.0 Å². The van der Waals surface area contributed by atoms with Crippen LogP contribution >= 0.6 is 0 Å². The molecule has 0 bridgehead atoms. The normalized spacial score (nSPS) is 25.6. The summed E-state index contributed by atoms with van der Waals surface area (Å²) in [5.41, 5.74) is -0.413. The van der Waals surface area contributed by atoms with Crippen molar-refractivity contribution in [2.75, 3.05) is 0 Å². The summed E-state index contributed by atoms with van der Waals surface area (Å²) in [7, 11) is 0. The topological polar surface area (TPSA) is 66.4 Å². The number of aliphatic carboxylic acids is 1. The summed E-state index contributed by atoms with van der Waals surface area (Å²) in [5, 5.41) is 10.7. The highest BCUT2D eigenvalue weighted by molar-refractivity contribution is 5.89. The summed E-state index contributed by atoms with van der Waals surface area (Å²) in [6.45, 7) is 7.04. The molecule has 0 saturated heterocycles. The Labute approximate surface area is 95.0 Å². The van der Waals surface area contributed by atoms with E-state index in [4.69, 9.17) is 4.74 Å². The molecule has 88 valence electrons. The number of rotatable bonds is 2. The lowest BCUT2D eigenvalue weighted by Crippen LogP contribution is -2.26. The Bertz CT molecular complexity index is 370. The van der Waals surface area contributed by atoms with Crippen molar-refractivity contribution < 1.29 is 19.4 Å². The Morgan fingerprint density at radius 3 is 2.31 bits per heavy atom. The minimum atomic E-state index is -1.11. The van der Waals surface area contributed by atoms with E-state index in [1.54, 1.807) is 27.7 Å². The molecule has 4 nitrogen and oxygen atoms in total. The van der Waals surface area contributed by atoms with Crippen molar-refractivity contribution in [1.29, 1.82) is 0 Å². The fraction of sp³-hybridized carbons (Fsp3) is 0.667. The van der Waals surface area contributed by atoms with E-state index in [1.165, 1.54) is 0 Å². The smallest absolute Gasteiger partial charge is 0.384 e. The lowest BCUT2D eigenvalue weighted by molar-refractivity contribution is -0.308. The predicted octanol–water partition coefficient (Wildman–Crippen LogP) is -0.0365. The molecule has 1 rings (SSSR count). The van der Waals surface area contributed by atoms with E-state index in [0.717, 1.165) is 0 Å². The van der Waals surface area contributed by atoms with Gasteiger partial charge in [-0.2, -0.15) is 0 Å². The van der Waals surface area contributed by atoms with Gasteiger partial charge in [0, 0.05) is 23.7 Å². The van der Waals surface area contributed by atoms with Crippen LogP contribution in [-0.2, 0) is 14.3 Å². The maximum Gasteiger partial charge on any atom is 0.384 e. The zero-order valence-electron chi connectivity index (χ0n) is 9.87. The number of carbonyl (C=O) groups excluding carboxylic acids is 2. The van der Waals surface area contributed by atoms with Crippen LogP contribution in [0.15, 0.2) is 0 Å². The van der Waals surface area contributed by atoms with Crippen LogP contribution in [0.5, 0.6) is 0 Å². The van der Waals surface area contributed by atoms with Crippen LogP contribution in [0.4, 0.5) is 0 Å². The largest absolute Gasteiger partial charge is 0.550 e. The number of esters is 1. The summed E-state index contributed by atoms with van der Waals surface area (Å²) >= 11 is 0. The van der Waals surface area contributed by atoms with Gasteiger partial charge in [-0.3, -0.25) is 0 Å². The average molecular weight is 223 g/mol. The van der Waals surface area contributed by atoms with Crippen molar-refractivity contribution in [2.45, 2.75) is 33.8 Å². The fourth-order valence-electron chi connectivity index (χ4n) is 1.73. The SMILES string of the molecule is CC(C)OC(=O)C#CC1C(C(=O)[O-])C1(C)C. The second-order valence-corrected chi connectivity index (χ2v) is 4.82. The van der Waals surface area contributed by atoms with Gasteiger partial charge in [-0.05, 0) is 19.3 Å². The van der Waals surface area contributed by atoms with Gasteiger partial charge in [-0.1, -0.05) is 19.8 Å². The number of hydrogen-bond donors (Lipinski definition) is 0. The first-order valence-electron chi connectivity index (χ1n) is 5.19. The highest BCUT2D eigenvalue weighted by atomic mass is 16.5. The molecular formula is C12H15O4-. The third kappa shape index (κ3) is 2.54. The minimum absolute atomic E-state index is 0.217. The van der Waals surface area contributed by atoms with Crippen molar-refractivity contribution in [3.05, 3.63) is 0 Å². The van der Waals surface area contributed by atoms with E-state index < -0.39 is 23.3 Å². The Hall–Kier alpha value is -1.50. The van der Waals surface area contributed by atoms with Gasteiger partial charge in [0.05, 0.1) is 6.10 Å².